The van der Waals surface area contributed by atoms with Gasteiger partial charge in [0, 0.05) is 31.2 Å². The average molecular weight is 340 g/mol. The second kappa shape index (κ2) is 6.93. The number of benzene rings is 1. The third kappa shape index (κ3) is 3.65. The van der Waals surface area contributed by atoms with E-state index in [9.17, 15) is 4.79 Å². The Balaban J connectivity index is 1.44. The maximum Gasteiger partial charge on any atom is 0.228 e. The van der Waals surface area contributed by atoms with E-state index in [2.05, 4.69) is 48.3 Å². The van der Waals surface area contributed by atoms with Crippen molar-refractivity contribution < 1.29 is 9.53 Å². The molecule has 134 valence electrons. The van der Waals surface area contributed by atoms with Crippen molar-refractivity contribution in [2.45, 2.75) is 45.4 Å². The van der Waals surface area contributed by atoms with Crippen molar-refractivity contribution >= 4 is 11.6 Å². The molecule has 0 unspecified atom stereocenters. The Morgan fingerprint density at radius 1 is 1.16 bits per heavy atom. The van der Waals surface area contributed by atoms with Crippen LogP contribution in [-0.4, -0.2) is 36.1 Å². The van der Waals surface area contributed by atoms with Crippen LogP contribution in [0.5, 0.6) is 0 Å². The molecule has 4 heteroatoms. The molecule has 1 saturated heterocycles. The zero-order valence-corrected chi connectivity index (χ0v) is 15.2. The Hall–Kier alpha value is -1.65. The van der Waals surface area contributed by atoms with Crippen molar-refractivity contribution in [1.29, 1.82) is 0 Å². The first kappa shape index (κ1) is 16.8. The van der Waals surface area contributed by atoms with E-state index < -0.39 is 0 Å². The number of carbonyl (C=O) groups is 1. The van der Waals surface area contributed by atoms with E-state index in [1.54, 1.807) is 0 Å². The Morgan fingerprint density at radius 2 is 1.92 bits per heavy atom. The van der Waals surface area contributed by atoms with E-state index in [0.29, 0.717) is 11.8 Å². The van der Waals surface area contributed by atoms with Gasteiger partial charge in [-0.3, -0.25) is 9.69 Å². The second-order valence-electron chi connectivity index (χ2n) is 7.98. The number of carbonyl (C=O) groups excluding carboxylic acids is 1. The minimum Gasteiger partial charge on any atom is -0.373 e. The molecule has 4 nitrogen and oxygen atoms in total. The molecule has 0 spiro atoms. The van der Waals surface area contributed by atoms with Crippen LogP contribution in [0.2, 0.25) is 0 Å². The van der Waals surface area contributed by atoms with Gasteiger partial charge in [0.2, 0.25) is 5.91 Å². The summed E-state index contributed by atoms with van der Waals surface area (Å²) in [5.74, 6) is 1.39. The van der Waals surface area contributed by atoms with Gasteiger partial charge in [0.25, 0.3) is 0 Å². The standard InChI is InChI=1S/C21H28N2O2/c1-14-11-23(12-15(2)25-14)13-18-5-3-4-6-20(18)22-21(24)19-10-16-7-8-17(19)9-16/h3-8,14-17,19H,9-13H2,1-2H3,(H,22,24)/t14-,15+,16-,17-,19-/m0/s1. The van der Waals surface area contributed by atoms with E-state index in [1.807, 2.05) is 12.1 Å². The van der Waals surface area contributed by atoms with Crippen molar-refractivity contribution in [1.82, 2.24) is 4.90 Å². The molecule has 2 fully saturated rings. The van der Waals surface area contributed by atoms with Gasteiger partial charge >= 0.3 is 0 Å². The highest BCUT2D eigenvalue weighted by molar-refractivity contribution is 5.94. The van der Waals surface area contributed by atoms with Gasteiger partial charge in [0.15, 0.2) is 0 Å². The summed E-state index contributed by atoms with van der Waals surface area (Å²) in [4.78, 5) is 15.2. The summed E-state index contributed by atoms with van der Waals surface area (Å²) >= 11 is 0. The molecular formula is C21H28N2O2. The molecular weight excluding hydrogens is 312 g/mol. The van der Waals surface area contributed by atoms with Crippen LogP contribution in [-0.2, 0) is 16.1 Å². The number of fused-ring (bicyclic) bond motifs is 2. The average Bonchev–Trinajstić information content (AvgIpc) is 3.19. The van der Waals surface area contributed by atoms with Crippen LogP contribution in [0.15, 0.2) is 36.4 Å². The van der Waals surface area contributed by atoms with E-state index >= 15 is 0 Å². The summed E-state index contributed by atoms with van der Waals surface area (Å²) in [6.07, 6.45) is 7.19. The number of ether oxygens (including phenoxy) is 1. The molecule has 1 aliphatic heterocycles. The lowest BCUT2D eigenvalue weighted by molar-refractivity contribution is -0.120. The van der Waals surface area contributed by atoms with Gasteiger partial charge in [-0.15, -0.1) is 0 Å². The molecule has 2 bridgehead atoms. The van der Waals surface area contributed by atoms with Crippen LogP contribution < -0.4 is 5.32 Å². The van der Waals surface area contributed by atoms with Gasteiger partial charge in [0.05, 0.1) is 12.2 Å². The highest BCUT2D eigenvalue weighted by Gasteiger charge is 2.39. The van der Waals surface area contributed by atoms with Crippen molar-refractivity contribution in [2.75, 3.05) is 18.4 Å². The number of para-hydroxylation sites is 1. The van der Waals surface area contributed by atoms with Gasteiger partial charge < -0.3 is 10.1 Å². The molecule has 4 rings (SSSR count). The SMILES string of the molecule is C[C@@H]1CN(Cc2ccccc2NC(=O)[C@H]2C[C@H]3C=C[C@H]2C3)C[C@H](C)O1. The number of morpholine rings is 1. The summed E-state index contributed by atoms with van der Waals surface area (Å²) in [6, 6.07) is 8.22. The molecule has 1 saturated carbocycles. The third-order valence-electron chi connectivity index (χ3n) is 5.78. The predicted octanol–water partition coefficient (Wildman–Crippen LogP) is 3.45. The number of nitrogens with zero attached hydrogens (tertiary/aromatic N) is 1. The molecule has 2 aliphatic carbocycles. The summed E-state index contributed by atoms with van der Waals surface area (Å²) in [5, 5.41) is 3.22. The largest absolute Gasteiger partial charge is 0.373 e. The van der Waals surface area contributed by atoms with Gasteiger partial charge in [0.1, 0.15) is 0 Å². The lowest BCUT2D eigenvalue weighted by Gasteiger charge is -2.35. The summed E-state index contributed by atoms with van der Waals surface area (Å²) in [6.45, 7) is 6.97. The van der Waals surface area contributed by atoms with Crippen LogP contribution in [0.3, 0.4) is 0 Å². The summed E-state index contributed by atoms with van der Waals surface area (Å²) in [5.41, 5.74) is 2.15. The fourth-order valence-electron chi connectivity index (χ4n) is 4.74. The normalized spacial score (nSPS) is 34.4. The van der Waals surface area contributed by atoms with Crippen LogP contribution in [0, 0.1) is 17.8 Å². The quantitative estimate of drug-likeness (QED) is 0.854. The number of allylic oxidation sites excluding steroid dienone is 2. The lowest BCUT2D eigenvalue weighted by Crippen LogP contribution is -2.44. The summed E-state index contributed by atoms with van der Waals surface area (Å²) < 4.78 is 5.83. The number of nitrogens with one attached hydrogen (secondary N) is 1. The molecule has 25 heavy (non-hydrogen) atoms. The molecule has 1 aromatic rings. The third-order valence-corrected chi connectivity index (χ3v) is 5.78. The first-order valence-corrected chi connectivity index (χ1v) is 9.53. The molecule has 3 aliphatic rings. The first-order valence-electron chi connectivity index (χ1n) is 9.53. The molecule has 1 aromatic carbocycles. The van der Waals surface area contributed by atoms with E-state index in [4.69, 9.17) is 4.74 Å². The Bertz CT molecular complexity index is 662. The predicted molar refractivity (Wildman–Crippen MR) is 99.2 cm³/mol. The Labute approximate surface area is 150 Å². The van der Waals surface area contributed by atoms with Gasteiger partial charge in [-0.25, -0.2) is 0 Å². The monoisotopic (exact) mass is 340 g/mol. The van der Waals surface area contributed by atoms with Gasteiger partial charge in [-0.1, -0.05) is 30.4 Å². The van der Waals surface area contributed by atoms with Gasteiger partial charge in [-0.2, -0.15) is 0 Å². The van der Waals surface area contributed by atoms with Gasteiger partial charge in [-0.05, 0) is 50.2 Å². The van der Waals surface area contributed by atoms with Crippen molar-refractivity contribution in [3.05, 3.63) is 42.0 Å². The van der Waals surface area contributed by atoms with Crippen LogP contribution in [0.4, 0.5) is 5.69 Å². The molecule has 5 atom stereocenters. The molecule has 1 heterocycles. The fraction of sp³-hybridized carbons (Fsp3) is 0.571. The van der Waals surface area contributed by atoms with Crippen LogP contribution in [0.25, 0.3) is 0 Å². The van der Waals surface area contributed by atoms with Crippen molar-refractivity contribution in [2.24, 2.45) is 17.8 Å². The number of hydrogen-bond donors (Lipinski definition) is 1. The highest BCUT2D eigenvalue weighted by atomic mass is 16.5. The van der Waals surface area contributed by atoms with Crippen molar-refractivity contribution in [3.63, 3.8) is 0 Å². The van der Waals surface area contributed by atoms with Crippen LogP contribution >= 0.6 is 0 Å². The zero-order valence-electron chi connectivity index (χ0n) is 15.2. The van der Waals surface area contributed by atoms with Crippen molar-refractivity contribution in [3.8, 4) is 0 Å². The summed E-state index contributed by atoms with van der Waals surface area (Å²) in [7, 11) is 0. The molecule has 1 amide bonds. The maximum atomic E-state index is 12.8. The Morgan fingerprint density at radius 3 is 2.60 bits per heavy atom. The maximum absolute atomic E-state index is 12.8. The van der Waals surface area contributed by atoms with E-state index in [-0.39, 0.29) is 24.0 Å². The second-order valence-corrected chi connectivity index (χ2v) is 7.98. The number of anilines is 1. The smallest absolute Gasteiger partial charge is 0.228 e. The first-order chi connectivity index (χ1) is 12.1. The van der Waals surface area contributed by atoms with E-state index in [1.165, 1.54) is 5.56 Å². The minimum absolute atomic E-state index is 0.145. The number of hydrogen-bond acceptors (Lipinski definition) is 3. The Kier molecular flexibility index (Phi) is 4.65. The molecule has 0 aromatic heterocycles. The lowest BCUT2D eigenvalue weighted by atomic mass is 9.92. The molecule has 0 radical (unpaired) electrons. The topological polar surface area (TPSA) is 41.6 Å². The highest BCUT2D eigenvalue weighted by Crippen LogP contribution is 2.43. The van der Waals surface area contributed by atoms with E-state index in [0.717, 1.165) is 38.2 Å². The number of rotatable bonds is 4. The van der Waals surface area contributed by atoms with Crippen LogP contribution in [0.1, 0.15) is 32.3 Å². The number of amides is 1. The fourth-order valence-corrected chi connectivity index (χ4v) is 4.74. The minimum atomic E-state index is 0.145. The molecule has 1 N–H and O–H groups in total. The zero-order chi connectivity index (χ0) is 17.4.